The molecule has 2 N–H and O–H groups in total. The maximum atomic E-state index is 12.5. The lowest BCUT2D eigenvalue weighted by molar-refractivity contribution is 0.0526. The zero-order valence-corrected chi connectivity index (χ0v) is 16.1. The van der Waals surface area contributed by atoms with Gasteiger partial charge >= 0.3 is 5.97 Å². The Labute approximate surface area is 168 Å². The molecule has 148 valence electrons. The molecule has 0 aliphatic carbocycles. The third-order valence-electron chi connectivity index (χ3n) is 4.03. The summed E-state index contributed by atoms with van der Waals surface area (Å²) in [5, 5.41) is 5.98. The van der Waals surface area contributed by atoms with Crippen LogP contribution in [0.4, 0.5) is 17.1 Å². The molecule has 0 spiro atoms. The predicted octanol–water partition coefficient (Wildman–Crippen LogP) is 4.26. The van der Waals surface area contributed by atoms with Crippen molar-refractivity contribution in [2.45, 2.75) is 6.92 Å². The zero-order valence-electron chi connectivity index (χ0n) is 16.1. The molecule has 29 heavy (non-hydrogen) atoms. The van der Waals surface area contributed by atoms with E-state index in [-0.39, 0.29) is 5.91 Å². The van der Waals surface area contributed by atoms with Crippen molar-refractivity contribution >= 4 is 28.9 Å². The highest BCUT2D eigenvalue weighted by molar-refractivity contribution is 6.04. The SMILES string of the molecule is CCOC(=O)c1ccc(NC(=O)c2cncc(Nc3ccc(OC)cc3)c2)cc1. The molecule has 0 radical (unpaired) electrons. The third kappa shape index (κ3) is 5.32. The average Bonchev–Trinajstić information content (AvgIpc) is 2.75. The van der Waals surface area contributed by atoms with E-state index in [1.807, 2.05) is 24.3 Å². The third-order valence-corrected chi connectivity index (χ3v) is 4.03. The summed E-state index contributed by atoms with van der Waals surface area (Å²) in [6.07, 6.45) is 3.12. The molecule has 3 rings (SSSR count). The molecule has 1 amide bonds. The molecule has 1 heterocycles. The van der Waals surface area contributed by atoms with Gasteiger partial charge in [-0.1, -0.05) is 0 Å². The van der Waals surface area contributed by atoms with Crippen molar-refractivity contribution in [3.05, 3.63) is 78.1 Å². The number of ether oxygens (including phenoxy) is 2. The van der Waals surface area contributed by atoms with E-state index >= 15 is 0 Å². The van der Waals surface area contributed by atoms with Gasteiger partial charge < -0.3 is 20.1 Å². The van der Waals surface area contributed by atoms with Crippen molar-refractivity contribution in [3.63, 3.8) is 0 Å². The Morgan fingerprint density at radius 1 is 0.897 bits per heavy atom. The van der Waals surface area contributed by atoms with Gasteiger partial charge in [-0.05, 0) is 61.5 Å². The van der Waals surface area contributed by atoms with Crippen LogP contribution in [-0.4, -0.2) is 30.6 Å². The number of carbonyl (C=O) groups excluding carboxylic acids is 2. The van der Waals surface area contributed by atoms with E-state index in [9.17, 15) is 9.59 Å². The molecule has 0 fully saturated rings. The minimum Gasteiger partial charge on any atom is -0.497 e. The summed E-state index contributed by atoms with van der Waals surface area (Å²) >= 11 is 0. The van der Waals surface area contributed by atoms with Crippen LogP contribution in [0.1, 0.15) is 27.6 Å². The van der Waals surface area contributed by atoms with Crippen molar-refractivity contribution in [2.75, 3.05) is 24.4 Å². The van der Waals surface area contributed by atoms with Crippen molar-refractivity contribution in [3.8, 4) is 5.75 Å². The number of hydrogen-bond donors (Lipinski definition) is 2. The second kappa shape index (κ2) is 9.36. The molecule has 2 aromatic carbocycles. The molecule has 0 bridgehead atoms. The van der Waals surface area contributed by atoms with Crippen LogP contribution in [0, 0.1) is 0 Å². The average molecular weight is 391 g/mol. The summed E-state index contributed by atoms with van der Waals surface area (Å²) in [7, 11) is 1.61. The number of benzene rings is 2. The van der Waals surface area contributed by atoms with E-state index in [1.165, 1.54) is 6.20 Å². The number of aromatic nitrogens is 1. The Morgan fingerprint density at radius 2 is 1.59 bits per heavy atom. The summed E-state index contributed by atoms with van der Waals surface area (Å²) in [5.41, 5.74) is 2.92. The molecule has 0 aliphatic heterocycles. The first-order chi connectivity index (χ1) is 14.1. The molecule has 7 nitrogen and oxygen atoms in total. The maximum Gasteiger partial charge on any atom is 0.338 e. The van der Waals surface area contributed by atoms with Crippen LogP contribution in [0.15, 0.2) is 67.0 Å². The van der Waals surface area contributed by atoms with Gasteiger partial charge in [-0.3, -0.25) is 9.78 Å². The minimum atomic E-state index is -0.396. The summed E-state index contributed by atoms with van der Waals surface area (Å²) in [6.45, 7) is 2.06. The van der Waals surface area contributed by atoms with Gasteiger partial charge in [-0.15, -0.1) is 0 Å². The van der Waals surface area contributed by atoms with E-state index in [0.717, 1.165) is 11.4 Å². The van der Waals surface area contributed by atoms with Crippen molar-refractivity contribution < 1.29 is 19.1 Å². The van der Waals surface area contributed by atoms with Crippen LogP contribution in [0.5, 0.6) is 5.75 Å². The van der Waals surface area contributed by atoms with Crippen molar-refractivity contribution in [2.24, 2.45) is 0 Å². The zero-order chi connectivity index (χ0) is 20.6. The Balaban J connectivity index is 1.66. The quantitative estimate of drug-likeness (QED) is 0.585. The predicted molar refractivity (Wildman–Crippen MR) is 111 cm³/mol. The fourth-order valence-corrected chi connectivity index (χ4v) is 2.58. The highest BCUT2D eigenvalue weighted by Crippen LogP contribution is 2.20. The maximum absolute atomic E-state index is 12.5. The molecule has 1 aromatic heterocycles. The summed E-state index contributed by atoms with van der Waals surface area (Å²) in [5.74, 6) is 0.0578. The van der Waals surface area contributed by atoms with Crippen LogP contribution in [-0.2, 0) is 4.74 Å². The van der Waals surface area contributed by atoms with E-state index in [0.29, 0.717) is 29.1 Å². The first-order valence-electron chi connectivity index (χ1n) is 9.03. The number of anilines is 3. The highest BCUT2D eigenvalue weighted by atomic mass is 16.5. The smallest absolute Gasteiger partial charge is 0.338 e. The van der Waals surface area contributed by atoms with Gasteiger partial charge in [0.05, 0.1) is 36.7 Å². The lowest BCUT2D eigenvalue weighted by Crippen LogP contribution is -2.13. The second-order valence-corrected chi connectivity index (χ2v) is 6.07. The number of rotatable bonds is 7. The van der Waals surface area contributed by atoms with E-state index in [2.05, 4.69) is 15.6 Å². The first kappa shape index (κ1) is 19.9. The number of hydrogen-bond acceptors (Lipinski definition) is 6. The number of pyridine rings is 1. The summed E-state index contributed by atoms with van der Waals surface area (Å²) < 4.78 is 10.1. The molecule has 0 saturated heterocycles. The standard InChI is InChI=1S/C22H21N3O4/c1-3-29-22(27)15-4-6-18(7-5-15)25-21(26)16-12-19(14-23-13-16)24-17-8-10-20(28-2)11-9-17/h4-14,24H,3H2,1-2H3,(H,25,26). The van der Waals surface area contributed by atoms with Gasteiger partial charge in [-0.25, -0.2) is 4.79 Å². The molecule has 0 unspecified atom stereocenters. The van der Waals surface area contributed by atoms with E-state index in [1.54, 1.807) is 50.6 Å². The normalized spacial score (nSPS) is 10.1. The van der Waals surface area contributed by atoms with Crippen molar-refractivity contribution in [1.29, 1.82) is 0 Å². The van der Waals surface area contributed by atoms with Gasteiger partial charge in [0.2, 0.25) is 0 Å². The molecular weight excluding hydrogens is 370 g/mol. The lowest BCUT2D eigenvalue weighted by atomic mass is 10.2. The number of carbonyl (C=O) groups is 2. The van der Waals surface area contributed by atoms with Crippen LogP contribution < -0.4 is 15.4 Å². The number of nitrogens with one attached hydrogen (secondary N) is 2. The monoisotopic (exact) mass is 391 g/mol. The van der Waals surface area contributed by atoms with E-state index in [4.69, 9.17) is 9.47 Å². The minimum absolute atomic E-state index is 0.306. The van der Waals surface area contributed by atoms with Gasteiger partial charge in [0, 0.05) is 17.6 Å². The fraction of sp³-hybridized carbons (Fsp3) is 0.136. The first-order valence-corrected chi connectivity index (χ1v) is 9.03. The number of nitrogens with zero attached hydrogens (tertiary/aromatic N) is 1. The molecule has 7 heteroatoms. The summed E-state index contributed by atoms with van der Waals surface area (Å²) in [4.78, 5) is 28.4. The van der Waals surface area contributed by atoms with Gasteiger partial charge in [0.25, 0.3) is 5.91 Å². The van der Waals surface area contributed by atoms with Crippen LogP contribution in [0.3, 0.4) is 0 Å². The van der Waals surface area contributed by atoms with Gasteiger partial charge in [-0.2, -0.15) is 0 Å². The Morgan fingerprint density at radius 3 is 2.24 bits per heavy atom. The van der Waals surface area contributed by atoms with Crippen molar-refractivity contribution in [1.82, 2.24) is 4.98 Å². The second-order valence-electron chi connectivity index (χ2n) is 6.07. The van der Waals surface area contributed by atoms with Gasteiger partial charge in [0.15, 0.2) is 0 Å². The molecular formula is C22H21N3O4. The number of amides is 1. The lowest BCUT2D eigenvalue weighted by Gasteiger charge is -2.09. The molecule has 3 aromatic rings. The summed E-state index contributed by atoms with van der Waals surface area (Å²) in [6, 6.07) is 15.6. The van der Waals surface area contributed by atoms with Gasteiger partial charge in [0.1, 0.15) is 5.75 Å². The van der Waals surface area contributed by atoms with Crippen LogP contribution in [0.25, 0.3) is 0 Å². The fourth-order valence-electron chi connectivity index (χ4n) is 2.58. The Kier molecular flexibility index (Phi) is 6.42. The number of esters is 1. The molecule has 0 aliphatic rings. The Hall–Kier alpha value is -3.87. The van der Waals surface area contributed by atoms with E-state index < -0.39 is 5.97 Å². The van der Waals surface area contributed by atoms with Crippen LogP contribution >= 0.6 is 0 Å². The largest absolute Gasteiger partial charge is 0.497 e. The molecule has 0 atom stereocenters. The number of methoxy groups -OCH3 is 1. The highest BCUT2D eigenvalue weighted by Gasteiger charge is 2.10. The Bertz CT molecular complexity index is 986. The van der Waals surface area contributed by atoms with Crippen LogP contribution in [0.2, 0.25) is 0 Å². The topological polar surface area (TPSA) is 89.5 Å². The molecule has 0 saturated carbocycles.